The monoisotopic (exact) mass is 312 g/mol. The van der Waals surface area contributed by atoms with Gasteiger partial charge in [-0.2, -0.15) is 4.31 Å². The van der Waals surface area contributed by atoms with E-state index in [-0.39, 0.29) is 23.4 Å². The zero-order valence-electron chi connectivity index (χ0n) is 12.2. The highest BCUT2D eigenvalue weighted by atomic mass is 32.2. The van der Waals surface area contributed by atoms with E-state index in [0.717, 1.165) is 17.4 Å². The molecule has 0 bridgehead atoms. The maximum absolute atomic E-state index is 12.3. The summed E-state index contributed by atoms with van der Waals surface area (Å²) in [5.74, 6) is -0.182. The molecule has 8 heteroatoms. The Kier molecular flexibility index (Phi) is 4.92. The van der Waals surface area contributed by atoms with Gasteiger partial charge in [-0.15, -0.1) is 0 Å². The van der Waals surface area contributed by atoms with E-state index < -0.39 is 10.0 Å². The highest BCUT2D eigenvalue weighted by Gasteiger charge is 2.28. The summed E-state index contributed by atoms with van der Waals surface area (Å²) in [4.78, 5) is 17.9. The van der Waals surface area contributed by atoms with Crippen LogP contribution in [0.1, 0.15) is 6.92 Å². The fraction of sp³-hybridized carbons (Fsp3) is 0.538. The molecular formula is C13H20N4O3S. The third-order valence-electron chi connectivity index (χ3n) is 3.52. The predicted octanol–water partition coefficient (Wildman–Crippen LogP) is -0.478. The van der Waals surface area contributed by atoms with E-state index in [2.05, 4.69) is 10.3 Å². The number of pyridine rings is 1. The number of sulfonamides is 1. The van der Waals surface area contributed by atoms with Crippen molar-refractivity contribution < 1.29 is 13.2 Å². The molecule has 0 aliphatic carbocycles. The molecule has 1 atom stereocenters. The molecular weight excluding hydrogens is 292 g/mol. The normalized spacial score (nSPS) is 19.8. The van der Waals surface area contributed by atoms with Gasteiger partial charge in [0.25, 0.3) is 0 Å². The fourth-order valence-electron chi connectivity index (χ4n) is 2.26. The quantitative estimate of drug-likeness (QED) is 0.812. The molecule has 1 aliphatic heterocycles. The second-order valence-corrected chi connectivity index (χ2v) is 7.13. The molecule has 2 rings (SSSR count). The molecule has 1 aromatic heterocycles. The van der Waals surface area contributed by atoms with E-state index >= 15 is 0 Å². The maximum Gasteiger partial charge on any atom is 0.244 e. The Morgan fingerprint density at radius 2 is 2.33 bits per heavy atom. The van der Waals surface area contributed by atoms with Crippen LogP contribution in [0.3, 0.4) is 0 Å². The number of hydrogen-bond acceptors (Lipinski definition) is 5. The van der Waals surface area contributed by atoms with Gasteiger partial charge < -0.3 is 10.2 Å². The van der Waals surface area contributed by atoms with Crippen molar-refractivity contribution in [2.24, 2.45) is 0 Å². The van der Waals surface area contributed by atoms with Gasteiger partial charge in [0.05, 0.1) is 6.54 Å². The Balaban J connectivity index is 2.07. The van der Waals surface area contributed by atoms with Crippen LogP contribution in [0.5, 0.6) is 0 Å². The van der Waals surface area contributed by atoms with Gasteiger partial charge in [-0.3, -0.25) is 9.78 Å². The minimum absolute atomic E-state index is 0.0701. The average molecular weight is 312 g/mol. The molecule has 0 spiro atoms. The van der Waals surface area contributed by atoms with Crippen molar-refractivity contribution in [3.05, 3.63) is 24.5 Å². The number of nitrogens with one attached hydrogen (secondary N) is 1. The second kappa shape index (κ2) is 6.50. The van der Waals surface area contributed by atoms with Crippen molar-refractivity contribution in [3.63, 3.8) is 0 Å². The smallest absolute Gasteiger partial charge is 0.244 e. The number of carbonyl (C=O) groups is 1. The van der Waals surface area contributed by atoms with Crippen LogP contribution in [-0.2, 0) is 14.8 Å². The van der Waals surface area contributed by atoms with Gasteiger partial charge in [0.2, 0.25) is 15.9 Å². The summed E-state index contributed by atoms with van der Waals surface area (Å²) in [6, 6.07) is 3.10. The van der Waals surface area contributed by atoms with E-state index in [4.69, 9.17) is 0 Å². The Morgan fingerprint density at radius 3 is 2.95 bits per heavy atom. The Bertz CT molecular complexity index is 591. The zero-order chi connectivity index (χ0) is 15.5. The largest absolute Gasteiger partial charge is 0.336 e. The van der Waals surface area contributed by atoms with Crippen LogP contribution in [0, 0.1) is 0 Å². The molecule has 1 aromatic rings. The van der Waals surface area contributed by atoms with Crippen LogP contribution in [0.25, 0.3) is 0 Å². The van der Waals surface area contributed by atoms with Crippen LogP contribution in [-0.4, -0.2) is 67.8 Å². The van der Waals surface area contributed by atoms with Crippen LogP contribution >= 0.6 is 0 Å². The predicted molar refractivity (Wildman–Crippen MR) is 78.1 cm³/mol. The number of hydrogen-bond donors (Lipinski definition) is 1. The van der Waals surface area contributed by atoms with Gasteiger partial charge >= 0.3 is 0 Å². The molecule has 116 valence electrons. The van der Waals surface area contributed by atoms with Gasteiger partial charge in [-0.25, -0.2) is 8.42 Å². The molecule has 2 heterocycles. The lowest BCUT2D eigenvalue weighted by molar-refractivity contribution is -0.133. The first kappa shape index (κ1) is 15.9. The fourth-order valence-corrected chi connectivity index (χ4v) is 3.34. The number of aromatic nitrogens is 1. The number of likely N-dealkylation sites (N-methyl/N-ethyl adjacent to an activating group) is 1. The average Bonchev–Trinajstić information content (AvgIpc) is 2.48. The first-order chi connectivity index (χ1) is 9.93. The molecule has 1 fully saturated rings. The summed E-state index contributed by atoms with van der Waals surface area (Å²) in [7, 11) is -2.27. The van der Waals surface area contributed by atoms with Crippen LogP contribution in [0.15, 0.2) is 29.4 Å². The molecule has 7 nitrogen and oxygen atoms in total. The lowest BCUT2D eigenvalue weighted by atomic mass is 10.2. The molecule has 0 saturated carbocycles. The van der Waals surface area contributed by atoms with Crippen molar-refractivity contribution in [1.82, 2.24) is 19.5 Å². The topological polar surface area (TPSA) is 82.6 Å². The minimum atomic E-state index is -3.68. The number of carbonyl (C=O) groups excluding carboxylic acids is 1. The second-order valence-electron chi connectivity index (χ2n) is 5.09. The first-order valence-electron chi connectivity index (χ1n) is 6.79. The van der Waals surface area contributed by atoms with Crippen LogP contribution < -0.4 is 5.32 Å². The summed E-state index contributed by atoms with van der Waals surface area (Å²) in [5.41, 5.74) is 0. The molecule has 1 amide bonds. The summed E-state index contributed by atoms with van der Waals surface area (Å²) in [6.07, 6.45) is 2.79. The zero-order valence-corrected chi connectivity index (χ0v) is 13.0. The standard InChI is InChI=1S/C13H20N4O3S/c1-11-8-15-6-7-17(11)13(18)10-16(2)21(19,20)12-4-3-5-14-9-12/h3-5,9,11,15H,6-8,10H2,1-2H3/t11-/m0/s1. The van der Waals surface area contributed by atoms with Crippen molar-refractivity contribution in [2.45, 2.75) is 17.9 Å². The molecule has 0 radical (unpaired) electrons. The molecule has 1 N–H and O–H groups in total. The lowest BCUT2D eigenvalue weighted by Crippen LogP contribution is -2.54. The first-order valence-corrected chi connectivity index (χ1v) is 8.23. The Morgan fingerprint density at radius 1 is 1.57 bits per heavy atom. The SMILES string of the molecule is C[C@H]1CNCCN1C(=O)CN(C)S(=O)(=O)c1cccnc1. The van der Waals surface area contributed by atoms with Gasteiger partial charge in [0, 0.05) is 45.1 Å². The summed E-state index contributed by atoms with van der Waals surface area (Å²) in [5, 5.41) is 3.19. The summed E-state index contributed by atoms with van der Waals surface area (Å²) >= 11 is 0. The molecule has 0 unspecified atom stereocenters. The summed E-state index contributed by atoms with van der Waals surface area (Å²) < 4.78 is 25.7. The van der Waals surface area contributed by atoms with Gasteiger partial charge in [-0.1, -0.05) is 0 Å². The molecule has 1 saturated heterocycles. The number of amides is 1. The molecule has 1 aliphatic rings. The maximum atomic E-state index is 12.3. The van der Waals surface area contributed by atoms with Crippen molar-refractivity contribution in [3.8, 4) is 0 Å². The number of rotatable bonds is 4. The van der Waals surface area contributed by atoms with Gasteiger partial charge in [0.1, 0.15) is 4.90 Å². The van der Waals surface area contributed by atoms with E-state index in [0.29, 0.717) is 6.54 Å². The lowest BCUT2D eigenvalue weighted by Gasteiger charge is -2.34. The van der Waals surface area contributed by atoms with E-state index in [1.165, 1.54) is 25.5 Å². The van der Waals surface area contributed by atoms with Crippen molar-refractivity contribution in [1.29, 1.82) is 0 Å². The van der Waals surface area contributed by atoms with Crippen molar-refractivity contribution in [2.75, 3.05) is 33.2 Å². The van der Waals surface area contributed by atoms with E-state index in [1.807, 2.05) is 6.92 Å². The van der Waals surface area contributed by atoms with Crippen molar-refractivity contribution >= 4 is 15.9 Å². The van der Waals surface area contributed by atoms with Crippen LogP contribution in [0.4, 0.5) is 0 Å². The van der Waals surface area contributed by atoms with Gasteiger partial charge in [0.15, 0.2) is 0 Å². The van der Waals surface area contributed by atoms with Gasteiger partial charge in [-0.05, 0) is 19.1 Å². The van der Waals surface area contributed by atoms with E-state index in [1.54, 1.807) is 11.0 Å². The highest BCUT2D eigenvalue weighted by molar-refractivity contribution is 7.89. The molecule has 0 aromatic carbocycles. The number of nitrogens with zero attached hydrogens (tertiary/aromatic N) is 3. The third-order valence-corrected chi connectivity index (χ3v) is 5.31. The van der Waals surface area contributed by atoms with Crippen LogP contribution in [0.2, 0.25) is 0 Å². The molecule has 21 heavy (non-hydrogen) atoms. The minimum Gasteiger partial charge on any atom is -0.336 e. The highest BCUT2D eigenvalue weighted by Crippen LogP contribution is 2.13. The Labute approximate surface area is 125 Å². The van der Waals surface area contributed by atoms with E-state index in [9.17, 15) is 13.2 Å². The number of piperazine rings is 1. The Hall–Kier alpha value is -1.51. The summed E-state index contributed by atoms with van der Waals surface area (Å²) in [6.45, 7) is 3.84. The third kappa shape index (κ3) is 3.58.